The van der Waals surface area contributed by atoms with E-state index < -0.39 is 0 Å². The Morgan fingerprint density at radius 3 is 2.69 bits per heavy atom. The molecule has 1 heterocycles. The third-order valence-electron chi connectivity index (χ3n) is 2.29. The van der Waals surface area contributed by atoms with Crippen molar-refractivity contribution < 1.29 is 4.84 Å². The van der Waals surface area contributed by atoms with Crippen LogP contribution in [-0.2, 0) is 4.84 Å². The van der Waals surface area contributed by atoms with Crippen molar-refractivity contribution in [2.24, 2.45) is 0 Å². The summed E-state index contributed by atoms with van der Waals surface area (Å²) in [6, 6.07) is 10.4. The molecule has 1 aromatic carbocycles. The fourth-order valence-electron chi connectivity index (χ4n) is 1.48. The maximum atomic E-state index is 5.20. The minimum absolute atomic E-state index is 0.663. The molecule has 1 N–H and O–H groups in total. The van der Waals surface area contributed by atoms with Gasteiger partial charge in [-0.25, -0.2) is 0 Å². The van der Waals surface area contributed by atoms with Crippen LogP contribution in [0.15, 0.2) is 35.9 Å². The Morgan fingerprint density at radius 2 is 2.00 bits per heavy atom. The summed E-state index contributed by atoms with van der Waals surface area (Å²) in [7, 11) is 0. The van der Waals surface area contributed by atoms with E-state index in [1.54, 1.807) is 0 Å². The molecule has 0 amide bonds. The summed E-state index contributed by atoms with van der Waals surface area (Å²) in [4.78, 5) is 5.20. The van der Waals surface area contributed by atoms with Crippen LogP contribution in [0.25, 0.3) is 5.57 Å². The van der Waals surface area contributed by atoms with Crippen molar-refractivity contribution in [1.82, 2.24) is 5.48 Å². The van der Waals surface area contributed by atoms with E-state index in [9.17, 15) is 0 Å². The number of rotatable bonds is 1. The van der Waals surface area contributed by atoms with Crippen LogP contribution in [0.5, 0.6) is 0 Å². The molecule has 0 saturated carbocycles. The van der Waals surface area contributed by atoms with Gasteiger partial charge in [-0.15, -0.1) is 0 Å². The maximum Gasteiger partial charge on any atom is 0.0938 e. The van der Waals surface area contributed by atoms with E-state index in [0.29, 0.717) is 6.61 Å². The highest BCUT2D eigenvalue weighted by Crippen LogP contribution is 2.20. The Labute approximate surface area is 78.2 Å². The summed E-state index contributed by atoms with van der Waals surface area (Å²) in [6.45, 7) is 3.62. The van der Waals surface area contributed by atoms with Crippen LogP contribution >= 0.6 is 0 Å². The smallest absolute Gasteiger partial charge is 0.0938 e. The lowest BCUT2D eigenvalue weighted by molar-refractivity contribution is 0.0648. The van der Waals surface area contributed by atoms with Crippen LogP contribution in [0.4, 0.5) is 0 Å². The monoisotopic (exact) mass is 175 g/mol. The van der Waals surface area contributed by atoms with Crippen molar-refractivity contribution in [2.75, 3.05) is 13.2 Å². The number of hydrogen-bond donors (Lipinski definition) is 1. The molecule has 2 nitrogen and oxygen atoms in total. The molecule has 0 aromatic heterocycles. The van der Waals surface area contributed by atoms with Gasteiger partial charge in [0, 0.05) is 6.54 Å². The normalized spacial score (nSPS) is 17.6. The van der Waals surface area contributed by atoms with Gasteiger partial charge in [-0.05, 0) is 18.1 Å². The summed E-state index contributed by atoms with van der Waals surface area (Å²) in [5.74, 6) is 0. The van der Waals surface area contributed by atoms with Crippen LogP contribution in [-0.4, -0.2) is 13.2 Å². The third kappa shape index (κ3) is 1.79. The molecule has 1 aliphatic rings. The van der Waals surface area contributed by atoms with Crippen molar-refractivity contribution in [3.05, 3.63) is 41.5 Å². The van der Waals surface area contributed by atoms with Crippen molar-refractivity contribution in [3.63, 3.8) is 0 Å². The van der Waals surface area contributed by atoms with Crippen LogP contribution in [0.1, 0.15) is 12.5 Å². The molecular formula is C11H13NO. The molecule has 2 rings (SSSR count). The van der Waals surface area contributed by atoms with E-state index in [4.69, 9.17) is 4.84 Å². The third-order valence-corrected chi connectivity index (χ3v) is 2.29. The highest BCUT2D eigenvalue weighted by molar-refractivity contribution is 5.69. The summed E-state index contributed by atoms with van der Waals surface area (Å²) < 4.78 is 0. The van der Waals surface area contributed by atoms with Gasteiger partial charge in [0.25, 0.3) is 0 Å². The summed E-state index contributed by atoms with van der Waals surface area (Å²) in [6.07, 6.45) is 0. The Hall–Kier alpha value is -1.12. The van der Waals surface area contributed by atoms with Crippen molar-refractivity contribution in [1.29, 1.82) is 0 Å². The van der Waals surface area contributed by atoms with Gasteiger partial charge < -0.3 is 0 Å². The van der Waals surface area contributed by atoms with E-state index in [1.165, 1.54) is 16.7 Å². The second kappa shape index (κ2) is 3.73. The molecule has 1 aliphatic heterocycles. The topological polar surface area (TPSA) is 21.3 Å². The van der Waals surface area contributed by atoms with Crippen LogP contribution in [0, 0.1) is 0 Å². The number of hydrogen-bond acceptors (Lipinski definition) is 2. The van der Waals surface area contributed by atoms with Gasteiger partial charge in [0.2, 0.25) is 0 Å². The Morgan fingerprint density at radius 1 is 1.23 bits per heavy atom. The second-order valence-electron chi connectivity index (χ2n) is 3.23. The standard InChI is InChI=1S/C11H13NO/c1-9-7-12-13-8-11(9)10-5-3-2-4-6-10/h2-6,12H,7-8H2,1H3. The predicted molar refractivity (Wildman–Crippen MR) is 53.0 cm³/mol. The van der Waals surface area contributed by atoms with Crippen molar-refractivity contribution >= 4 is 5.57 Å². The Kier molecular flexibility index (Phi) is 2.43. The van der Waals surface area contributed by atoms with Gasteiger partial charge >= 0.3 is 0 Å². The molecule has 0 spiro atoms. The predicted octanol–water partition coefficient (Wildman–Crippen LogP) is 1.99. The first-order chi connectivity index (χ1) is 6.38. The first-order valence-electron chi connectivity index (χ1n) is 4.46. The lowest BCUT2D eigenvalue weighted by atomic mass is 10.0. The molecular weight excluding hydrogens is 162 g/mol. The zero-order chi connectivity index (χ0) is 9.10. The zero-order valence-electron chi connectivity index (χ0n) is 7.71. The molecule has 0 unspecified atom stereocenters. The molecule has 2 heteroatoms. The minimum Gasteiger partial charge on any atom is -0.297 e. The Bertz CT molecular complexity index is 316. The lowest BCUT2D eigenvalue weighted by Crippen LogP contribution is -2.24. The largest absolute Gasteiger partial charge is 0.297 e. The number of benzene rings is 1. The molecule has 0 fully saturated rings. The summed E-state index contributed by atoms with van der Waals surface area (Å²) in [5, 5.41) is 0. The summed E-state index contributed by atoms with van der Waals surface area (Å²) in [5.41, 5.74) is 6.81. The molecule has 0 bridgehead atoms. The van der Waals surface area contributed by atoms with Gasteiger partial charge in [-0.1, -0.05) is 35.9 Å². The quantitative estimate of drug-likeness (QED) is 0.704. The zero-order valence-corrected chi connectivity index (χ0v) is 7.71. The Balaban J connectivity index is 2.35. The van der Waals surface area contributed by atoms with Crippen molar-refractivity contribution in [3.8, 4) is 0 Å². The van der Waals surface area contributed by atoms with Crippen LogP contribution in [0.2, 0.25) is 0 Å². The molecule has 0 aliphatic carbocycles. The second-order valence-corrected chi connectivity index (χ2v) is 3.23. The van der Waals surface area contributed by atoms with Crippen LogP contribution < -0.4 is 5.48 Å². The van der Waals surface area contributed by atoms with Gasteiger partial charge in [0.1, 0.15) is 0 Å². The van der Waals surface area contributed by atoms with E-state index in [2.05, 4.69) is 36.7 Å². The first kappa shape index (κ1) is 8.48. The SMILES string of the molecule is CC1=C(c2ccccc2)CONC1. The molecule has 0 radical (unpaired) electrons. The molecule has 13 heavy (non-hydrogen) atoms. The van der Waals surface area contributed by atoms with Gasteiger partial charge in [0.15, 0.2) is 0 Å². The van der Waals surface area contributed by atoms with Crippen molar-refractivity contribution in [2.45, 2.75) is 6.92 Å². The average molecular weight is 175 g/mol. The fraction of sp³-hybridized carbons (Fsp3) is 0.273. The van der Waals surface area contributed by atoms with Gasteiger partial charge in [0.05, 0.1) is 6.61 Å². The molecule has 0 atom stereocenters. The molecule has 0 saturated heterocycles. The van der Waals surface area contributed by atoms with E-state index in [1.807, 2.05) is 6.07 Å². The molecule has 1 aromatic rings. The van der Waals surface area contributed by atoms with E-state index in [-0.39, 0.29) is 0 Å². The average Bonchev–Trinajstić information content (AvgIpc) is 2.20. The lowest BCUT2D eigenvalue weighted by Gasteiger charge is -2.18. The minimum atomic E-state index is 0.663. The number of hydroxylamine groups is 1. The highest BCUT2D eigenvalue weighted by Gasteiger charge is 2.10. The van der Waals surface area contributed by atoms with E-state index in [0.717, 1.165) is 6.54 Å². The fourth-order valence-corrected chi connectivity index (χ4v) is 1.48. The molecule has 68 valence electrons. The first-order valence-corrected chi connectivity index (χ1v) is 4.46. The summed E-state index contributed by atoms with van der Waals surface area (Å²) >= 11 is 0. The number of nitrogens with one attached hydrogen (secondary N) is 1. The maximum absolute atomic E-state index is 5.20. The highest BCUT2D eigenvalue weighted by atomic mass is 16.6. The van der Waals surface area contributed by atoms with Gasteiger partial charge in [-0.2, -0.15) is 5.48 Å². The van der Waals surface area contributed by atoms with Crippen LogP contribution in [0.3, 0.4) is 0 Å². The van der Waals surface area contributed by atoms with E-state index >= 15 is 0 Å². The van der Waals surface area contributed by atoms with Gasteiger partial charge in [-0.3, -0.25) is 4.84 Å².